The summed E-state index contributed by atoms with van der Waals surface area (Å²) < 4.78 is 12.4. The Kier molecular flexibility index (Phi) is 8.88. The van der Waals surface area contributed by atoms with E-state index >= 15 is 0 Å². The largest absolute Gasteiger partial charge is 0.508 e. The lowest BCUT2D eigenvalue weighted by molar-refractivity contribution is 0.252. The van der Waals surface area contributed by atoms with Crippen LogP contribution in [-0.4, -0.2) is 29.8 Å². The summed E-state index contributed by atoms with van der Waals surface area (Å²) in [6, 6.07) is 11.8. The average Bonchev–Trinajstić information content (AvgIpc) is 3.18. The van der Waals surface area contributed by atoms with Gasteiger partial charge in [-0.3, -0.25) is 4.90 Å². The second-order valence-electron chi connectivity index (χ2n) is 8.27. The van der Waals surface area contributed by atoms with E-state index in [2.05, 4.69) is 30.9 Å². The Balaban J connectivity index is 1.64. The van der Waals surface area contributed by atoms with Crippen molar-refractivity contribution in [3.05, 3.63) is 53.1 Å². The highest BCUT2D eigenvalue weighted by Crippen LogP contribution is 2.39. The van der Waals surface area contributed by atoms with Crippen LogP contribution in [0.1, 0.15) is 69.1 Å². The van der Waals surface area contributed by atoms with Crippen molar-refractivity contribution < 1.29 is 14.6 Å². The summed E-state index contributed by atoms with van der Waals surface area (Å²) in [6.45, 7) is 8.78. The molecule has 30 heavy (non-hydrogen) atoms. The number of unbranched alkanes of at least 4 members (excludes halogenated alkanes) is 4. The van der Waals surface area contributed by atoms with Gasteiger partial charge in [0.1, 0.15) is 5.75 Å². The van der Waals surface area contributed by atoms with E-state index in [0.29, 0.717) is 5.75 Å². The van der Waals surface area contributed by atoms with Gasteiger partial charge < -0.3 is 14.6 Å². The van der Waals surface area contributed by atoms with Gasteiger partial charge >= 0.3 is 0 Å². The summed E-state index contributed by atoms with van der Waals surface area (Å²) >= 11 is 0. The van der Waals surface area contributed by atoms with E-state index in [1.54, 1.807) is 12.1 Å². The lowest BCUT2D eigenvalue weighted by atomic mass is 10.1. The molecule has 0 spiro atoms. The molecular formula is C26H37NO3. The smallest absolute Gasteiger partial charge is 0.165 e. The minimum Gasteiger partial charge on any atom is -0.508 e. The van der Waals surface area contributed by atoms with Crippen molar-refractivity contribution in [2.45, 2.75) is 71.9 Å². The first-order valence-corrected chi connectivity index (χ1v) is 11.6. The molecule has 2 aromatic rings. The van der Waals surface area contributed by atoms with Gasteiger partial charge in [-0.1, -0.05) is 57.7 Å². The lowest BCUT2D eigenvalue weighted by Crippen LogP contribution is -2.19. The molecule has 1 heterocycles. The second kappa shape index (κ2) is 11.8. The molecule has 1 aliphatic rings. The van der Waals surface area contributed by atoms with Crippen LogP contribution in [0.4, 0.5) is 0 Å². The van der Waals surface area contributed by atoms with Gasteiger partial charge in [-0.25, -0.2) is 0 Å². The van der Waals surface area contributed by atoms with Crippen LogP contribution in [0.5, 0.6) is 17.2 Å². The van der Waals surface area contributed by atoms with Crippen LogP contribution in [0.3, 0.4) is 0 Å². The van der Waals surface area contributed by atoms with E-state index in [4.69, 9.17) is 9.47 Å². The highest BCUT2D eigenvalue weighted by molar-refractivity contribution is 5.52. The molecule has 0 saturated carbocycles. The Morgan fingerprint density at radius 2 is 1.53 bits per heavy atom. The van der Waals surface area contributed by atoms with Crippen LogP contribution < -0.4 is 9.47 Å². The zero-order valence-electron chi connectivity index (χ0n) is 18.7. The Labute approximate surface area is 181 Å². The molecule has 0 radical (unpaired) electrons. The first-order valence-electron chi connectivity index (χ1n) is 11.6. The summed E-state index contributed by atoms with van der Waals surface area (Å²) in [5, 5.41) is 9.47. The molecule has 0 fully saturated rings. The fourth-order valence-corrected chi connectivity index (χ4v) is 3.93. The van der Waals surface area contributed by atoms with Crippen molar-refractivity contribution in [1.29, 1.82) is 0 Å². The van der Waals surface area contributed by atoms with Crippen molar-refractivity contribution in [2.24, 2.45) is 0 Å². The Morgan fingerprint density at radius 1 is 0.833 bits per heavy atom. The van der Waals surface area contributed by atoms with Gasteiger partial charge in [0.05, 0.1) is 13.2 Å². The summed E-state index contributed by atoms with van der Waals surface area (Å²) in [4.78, 5) is 2.47. The standard InChI is InChI=1S/C26H37NO3/c1-3-5-7-17-29-25-14-11-22-19-27(16-15-21-9-12-23(28)13-10-21)20-24(22)26(25)30-18-8-6-4-2/h9-14,28H,3-8,15-20H2,1-2H3. The van der Waals surface area contributed by atoms with E-state index < -0.39 is 0 Å². The first kappa shape index (κ1) is 22.5. The zero-order chi connectivity index (χ0) is 21.2. The van der Waals surface area contributed by atoms with Gasteiger partial charge in [0, 0.05) is 25.2 Å². The number of nitrogens with zero attached hydrogens (tertiary/aromatic N) is 1. The van der Waals surface area contributed by atoms with Crippen LogP contribution in [-0.2, 0) is 19.5 Å². The Bertz CT molecular complexity index is 773. The van der Waals surface area contributed by atoms with Crippen LogP contribution in [0.25, 0.3) is 0 Å². The van der Waals surface area contributed by atoms with E-state index in [1.807, 2.05) is 12.1 Å². The van der Waals surface area contributed by atoms with E-state index in [0.717, 1.165) is 63.6 Å². The van der Waals surface area contributed by atoms with Crippen LogP contribution in [0.15, 0.2) is 36.4 Å². The van der Waals surface area contributed by atoms with E-state index in [1.165, 1.54) is 42.4 Å². The molecule has 0 unspecified atom stereocenters. The molecule has 0 aromatic heterocycles. The van der Waals surface area contributed by atoms with Crippen molar-refractivity contribution in [3.63, 3.8) is 0 Å². The number of hydrogen-bond donors (Lipinski definition) is 1. The van der Waals surface area contributed by atoms with Crippen molar-refractivity contribution in [3.8, 4) is 17.2 Å². The predicted octanol–water partition coefficient (Wildman–Crippen LogP) is 6.09. The van der Waals surface area contributed by atoms with Crippen LogP contribution in [0.2, 0.25) is 0 Å². The molecule has 4 nitrogen and oxygen atoms in total. The van der Waals surface area contributed by atoms with Crippen LogP contribution in [0, 0.1) is 0 Å². The van der Waals surface area contributed by atoms with Gasteiger partial charge in [0.15, 0.2) is 11.5 Å². The van der Waals surface area contributed by atoms with Gasteiger partial charge in [-0.05, 0) is 48.6 Å². The predicted molar refractivity (Wildman–Crippen MR) is 122 cm³/mol. The topological polar surface area (TPSA) is 41.9 Å². The molecule has 1 aliphatic heterocycles. The molecule has 1 N–H and O–H groups in total. The van der Waals surface area contributed by atoms with E-state index in [9.17, 15) is 5.11 Å². The minimum atomic E-state index is 0.323. The molecule has 0 saturated heterocycles. The summed E-state index contributed by atoms with van der Waals surface area (Å²) in [5.74, 6) is 2.19. The number of phenolic OH excluding ortho intramolecular Hbond substituents is 1. The zero-order valence-corrected chi connectivity index (χ0v) is 18.7. The molecule has 0 aliphatic carbocycles. The Hall–Kier alpha value is -2.20. The SMILES string of the molecule is CCCCCOc1ccc2c(c1OCCCCC)CN(CCc1ccc(O)cc1)C2. The monoisotopic (exact) mass is 411 g/mol. The van der Waals surface area contributed by atoms with Crippen molar-refractivity contribution >= 4 is 0 Å². The minimum absolute atomic E-state index is 0.323. The van der Waals surface area contributed by atoms with Crippen LogP contribution >= 0.6 is 0 Å². The fourth-order valence-electron chi connectivity index (χ4n) is 3.93. The van der Waals surface area contributed by atoms with Crippen molar-refractivity contribution in [2.75, 3.05) is 19.8 Å². The summed E-state index contributed by atoms with van der Waals surface area (Å²) in [6.07, 6.45) is 7.93. The van der Waals surface area contributed by atoms with E-state index in [-0.39, 0.29) is 0 Å². The second-order valence-corrected chi connectivity index (χ2v) is 8.27. The number of fused-ring (bicyclic) bond motifs is 1. The molecule has 164 valence electrons. The summed E-state index contributed by atoms with van der Waals surface area (Å²) in [7, 11) is 0. The maximum atomic E-state index is 9.47. The molecule has 2 aromatic carbocycles. The molecule has 0 atom stereocenters. The lowest BCUT2D eigenvalue weighted by Gasteiger charge is -2.17. The third-order valence-corrected chi connectivity index (χ3v) is 5.75. The van der Waals surface area contributed by atoms with Gasteiger partial charge in [-0.15, -0.1) is 0 Å². The van der Waals surface area contributed by atoms with Gasteiger partial charge in [0.2, 0.25) is 0 Å². The number of rotatable bonds is 13. The summed E-state index contributed by atoms with van der Waals surface area (Å²) in [5.41, 5.74) is 3.90. The quantitative estimate of drug-likeness (QED) is 0.405. The molecule has 4 heteroatoms. The molecule has 0 bridgehead atoms. The third-order valence-electron chi connectivity index (χ3n) is 5.75. The highest BCUT2D eigenvalue weighted by atomic mass is 16.5. The highest BCUT2D eigenvalue weighted by Gasteiger charge is 2.25. The molecule has 0 amide bonds. The maximum absolute atomic E-state index is 9.47. The number of phenols is 1. The number of ether oxygens (including phenoxy) is 2. The third kappa shape index (κ3) is 6.40. The number of hydrogen-bond acceptors (Lipinski definition) is 4. The van der Waals surface area contributed by atoms with Crippen molar-refractivity contribution in [1.82, 2.24) is 4.90 Å². The normalized spacial score (nSPS) is 13.4. The molecular weight excluding hydrogens is 374 g/mol. The van der Waals surface area contributed by atoms with Gasteiger partial charge in [0.25, 0.3) is 0 Å². The first-order chi connectivity index (χ1) is 14.7. The average molecular weight is 412 g/mol. The fraction of sp³-hybridized carbons (Fsp3) is 0.538. The maximum Gasteiger partial charge on any atom is 0.165 e. The number of aromatic hydroxyl groups is 1. The van der Waals surface area contributed by atoms with Gasteiger partial charge in [-0.2, -0.15) is 0 Å². The molecule has 3 rings (SSSR count). The number of benzene rings is 2. The Morgan fingerprint density at radius 3 is 2.23 bits per heavy atom.